The summed E-state index contributed by atoms with van der Waals surface area (Å²) in [4.78, 5) is 0. The minimum absolute atomic E-state index is 0.230. The third-order valence-corrected chi connectivity index (χ3v) is 2.12. The zero-order valence-electron chi connectivity index (χ0n) is 8.88. The Morgan fingerprint density at radius 2 is 2.15 bits per heavy atom. The van der Waals surface area contributed by atoms with Crippen molar-refractivity contribution >= 4 is 0 Å². The highest BCUT2D eigenvalue weighted by Gasteiger charge is 2.04. The predicted octanol–water partition coefficient (Wildman–Crippen LogP) is 1.16. The largest absolute Gasteiger partial charge is 0.395 e. The van der Waals surface area contributed by atoms with Gasteiger partial charge in [-0.15, -0.1) is 0 Å². The van der Waals surface area contributed by atoms with Gasteiger partial charge in [-0.05, 0) is 6.42 Å². The second kappa shape index (κ2) is 9.96. The maximum absolute atomic E-state index is 9.02. The molecule has 3 nitrogen and oxygen atoms in total. The minimum atomic E-state index is 0.230. The topological polar surface area (TPSA) is 41.5 Å². The van der Waals surface area contributed by atoms with Gasteiger partial charge in [0.25, 0.3) is 0 Å². The average molecular weight is 189 g/mol. The summed E-state index contributed by atoms with van der Waals surface area (Å²) in [5, 5.41) is 12.3. The quantitative estimate of drug-likeness (QED) is 0.535. The van der Waals surface area contributed by atoms with Crippen LogP contribution in [0, 0.1) is 0 Å². The van der Waals surface area contributed by atoms with Gasteiger partial charge in [-0.25, -0.2) is 0 Å². The smallest absolute Gasteiger partial charge is 0.0587 e. The monoisotopic (exact) mass is 189 g/mol. The van der Waals surface area contributed by atoms with Crippen LogP contribution in [-0.4, -0.2) is 38.0 Å². The van der Waals surface area contributed by atoms with E-state index >= 15 is 0 Å². The van der Waals surface area contributed by atoms with E-state index in [1.54, 1.807) is 7.11 Å². The Bertz CT molecular complexity index is 88.9. The van der Waals surface area contributed by atoms with Crippen molar-refractivity contribution in [3.05, 3.63) is 0 Å². The first-order chi connectivity index (χ1) is 6.35. The van der Waals surface area contributed by atoms with Gasteiger partial charge in [0.15, 0.2) is 0 Å². The van der Waals surface area contributed by atoms with Gasteiger partial charge >= 0.3 is 0 Å². The maximum Gasteiger partial charge on any atom is 0.0587 e. The normalized spacial score (nSPS) is 13.2. The van der Waals surface area contributed by atoms with Crippen molar-refractivity contribution in [3.63, 3.8) is 0 Å². The standard InChI is InChI=1S/C10H23NO2/c1-3-4-5-6-10(9-12)11-7-8-13-2/h10-12H,3-9H2,1-2H3. The predicted molar refractivity (Wildman–Crippen MR) is 54.9 cm³/mol. The molecule has 80 valence electrons. The highest BCUT2D eigenvalue weighted by molar-refractivity contribution is 4.64. The molecule has 0 fully saturated rings. The lowest BCUT2D eigenvalue weighted by molar-refractivity contribution is 0.180. The first-order valence-electron chi connectivity index (χ1n) is 5.18. The van der Waals surface area contributed by atoms with E-state index < -0.39 is 0 Å². The molecule has 0 bridgehead atoms. The Morgan fingerprint density at radius 3 is 2.69 bits per heavy atom. The van der Waals surface area contributed by atoms with Gasteiger partial charge in [-0.3, -0.25) is 0 Å². The van der Waals surface area contributed by atoms with Crippen LogP contribution in [0.1, 0.15) is 32.6 Å². The summed E-state index contributed by atoms with van der Waals surface area (Å²) < 4.78 is 4.92. The van der Waals surface area contributed by atoms with Crippen LogP contribution in [-0.2, 0) is 4.74 Å². The summed E-state index contributed by atoms with van der Waals surface area (Å²) in [6.45, 7) is 3.96. The van der Waals surface area contributed by atoms with Crippen molar-refractivity contribution in [2.45, 2.75) is 38.6 Å². The van der Waals surface area contributed by atoms with Crippen molar-refractivity contribution in [2.24, 2.45) is 0 Å². The molecule has 0 aromatic heterocycles. The van der Waals surface area contributed by atoms with Crippen LogP contribution in [0.2, 0.25) is 0 Å². The van der Waals surface area contributed by atoms with Crippen LogP contribution in [0.25, 0.3) is 0 Å². The van der Waals surface area contributed by atoms with Crippen LogP contribution in [0.3, 0.4) is 0 Å². The lowest BCUT2D eigenvalue weighted by atomic mass is 10.1. The molecule has 0 aromatic carbocycles. The van der Waals surface area contributed by atoms with Gasteiger partial charge < -0.3 is 15.2 Å². The second-order valence-corrected chi connectivity index (χ2v) is 3.32. The molecule has 2 N–H and O–H groups in total. The maximum atomic E-state index is 9.02. The molecule has 0 aliphatic heterocycles. The van der Waals surface area contributed by atoms with E-state index in [0.29, 0.717) is 6.61 Å². The molecule has 0 aliphatic carbocycles. The van der Waals surface area contributed by atoms with Crippen molar-refractivity contribution < 1.29 is 9.84 Å². The SMILES string of the molecule is CCCCCC(CO)NCCOC. The highest BCUT2D eigenvalue weighted by atomic mass is 16.5. The van der Waals surface area contributed by atoms with Gasteiger partial charge in [-0.2, -0.15) is 0 Å². The Balaban J connectivity index is 3.28. The second-order valence-electron chi connectivity index (χ2n) is 3.32. The molecule has 0 saturated carbocycles. The molecule has 1 unspecified atom stereocenters. The van der Waals surface area contributed by atoms with E-state index in [0.717, 1.165) is 13.0 Å². The van der Waals surface area contributed by atoms with Gasteiger partial charge in [-0.1, -0.05) is 26.2 Å². The van der Waals surface area contributed by atoms with Crippen LogP contribution < -0.4 is 5.32 Å². The lowest BCUT2D eigenvalue weighted by Crippen LogP contribution is -2.34. The molecule has 0 saturated heterocycles. The molecule has 13 heavy (non-hydrogen) atoms. The zero-order chi connectivity index (χ0) is 9.94. The third-order valence-electron chi connectivity index (χ3n) is 2.12. The Morgan fingerprint density at radius 1 is 1.38 bits per heavy atom. The molecule has 1 atom stereocenters. The number of hydrogen-bond acceptors (Lipinski definition) is 3. The number of ether oxygens (including phenoxy) is 1. The summed E-state index contributed by atoms with van der Waals surface area (Å²) in [5.41, 5.74) is 0. The summed E-state index contributed by atoms with van der Waals surface area (Å²) in [6.07, 6.45) is 4.74. The highest BCUT2D eigenvalue weighted by Crippen LogP contribution is 2.02. The van der Waals surface area contributed by atoms with Gasteiger partial charge in [0.2, 0.25) is 0 Å². The fourth-order valence-electron chi connectivity index (χ4n) is 1.26. The summed E-state index contributed by atoms with van der Waals surface area (Å²) in [6, 6.07) is 0.252. The molecule has 3 heteroatoms. The van der Waals surface area contributed by atoms with Crippen LogP contribution >= 0.6 is 0 Å². The fourth-order valence-corrected chi connectivity index (χ4v) is 1.26. The number of methoxy groups -OCH3 is 1. The van der Waals surface area contributed by atoms with E-state index in [9.17, 15) is 0 Å². The Labute approximate surface area is 81.5 Å². The molecular formula is C10H23NO2. The molecule has 0 aromatic rings. The fraction of sp³-hybridized carbons (Fsp3) is 1.00. The molecule has 0 radical (unpaired) electrons. The number of aliphatic hydroxyl groups is 1. The van der Waals surface area contributed by atoms with Gasteiger partial charge in [0, 0.05) is 19.7 Å². The lowest BCUT2D eigenvalue weighted by Gasteiger charge is -2.15. The van der Waals surface area contributed by atoms with E-state index in [2.05, 4.69) is 12.2 Å². The van der Waals surface area contributed by atoms with E-state index in [1.165, 1.54) is 19.3 Å². The summed E-state index contributed by atoms with van der Waals surface area (Å²) >= 11 is 0. The van der Waals surface area contributed by atoms with Crippen LogP contribution in [0.5, 0.6) is 0 Å². The summed E-state index contributed by atoms with van der Waals surface area (Å²) in [7, 11) is 1.69. The van der Waals surface area contributed by atoms with Gasteiger partial charge in [0.1, 0.15) is 0 Å². The number of hydrogen-bond donors (Lipinski definition) is 2. The molecule has 0 aliphatic rings. The van der Waals surface area contributed by atoms with E-state index in [1.807, 2.05) is 0 Å². The number of aliphatic hydroxyl groups excluding tert-OH is 1. The molecule has 0 spiro atoms. The van der Waals surface area contributed by atoms with E-state index in [4.69, 9.17) is 9.84 Å². The van der Waals surface area contributed by atoms with Crippen molar-refractivity contribution in [2.75, 3.05) is 26.9 Å². The van der Waals surface area contributed by atoms with Crippen molar-refractivity contribution in [1.82, 2.24) is 5.32 Å². The van der Waals surface area contributed by atoms with Crippen LogP contribution in [0.4, 0.5) is 0 Å². The number of nitrogens with one attached hydrogen (secondary N) is 1. The number of rotatable bonds is 9. The first-order valence-corrected chi connectivity index (χ1v) is 5.18. The minimum Gasteiger partial charge on any atom is -0.395 e. The molecule has 0 amide bonds. The number of unbranched alkanes of at least 4 members (excludes halogenated alkanes) is 2. The van der Waals surface area contributed by atoms with Gasteiger partial charge in [0.05, 0.1) is 13.2 Å². The van der Waals surface area contributed by atoms with Crippen molar-refractivity contribution in [3.8, 4) is 0 Å². The molecule has 0 heterocycles. The van der Waals surface area contributed by atoms with Crippen molar-refractivity contribution in [1.29, 1.82) is 0 Å². The summed E-state index contributed by atoms with van der Waals surface area (Å²) in [5.74, 6) is 0. The first kappa shape index (κ1) is 12.9. The molecular weight excluding hydrogens is 166 g/mol. The zero-order valence-corrected chi connectivity index (χ0v) is 8.88. The van der Waals surface area contributed by atoms with Crippen LogP contribution in [0.15, 0.2) is 0 Å². The third kappa shape index (κ3) is 8.22. The molecule has 0 rings (SSSR count). The van der Waals surface area contributed by atoms with E-state index in [-0.39, 0.29) is 12.6 Å². The Kier molecular flexibility index (Phi) is 9.87. The average Bonchev–Trinajstić information content (AvgIpc) is 2.16. The Hall–Kier alpha value is -0.120.